The Kier molecular flexibility index (Phi) is 4.02. The van der Waals surface area contributed by atoms with Crippen LogP contribution in [0, 0.1) is 0 Å². The Morgan fingerprint density at radius 3 is 2.50 bits per heavy atom. The van der Waals surface area contributed by atoms with Crippen molar-refractivity contribution >= 4 is 0 Å². The van der Waals surface area contributed by atoms with E-state index in [0.717, 1.165) is 19.5 Å². The first-order chi connectivity index (χ1) is 5.77. The average molecular weight is 170 g/mol. The molecule has 0 atom stereocenters. The smallest absolute Gasteiger partial charge is 0.0166 e. The fraction of sp³-hybridized carbons (Fsp3) is 1.00. The number of hydrogen-bond donors (Lipinski definition) is 2. The van der Waals surface area contributed by atoms with E-state index >= 15 is 0 Å². The molecule has 3 N–H and O–H groups in total. The van der Waals surface area contributed by atoms with Gasteiger partial charge in [-0.15, -0.1) is 0 Å². The number of nitrogens with two attached hydrogens (primary N) is 1. The van der Waals surface area contributed by atoms with E-state index < -0.39 is 0 Å². The minimum absolute atomic E-state index is 0.181. The van der Waals surface area contributed by atoms with E-state index in [2.05, 4.69) is 12.2 Å². The molecule has 2 nitrogen and oxygen atoms in total. The summed E-state index contributed by atoms with van der Waals surface area (Å²) in [5.74, 6) is 0. The maximum Gasteiger partial charge on any atom is 0.0166 e. The molecular weight excluding hydrogens is 148 g/mol. The van der Waals surface area contributed by atoms with Crippen molar-refractivity contribution in [3.05, 3.63) is 0 Å². The van der Waals surface area contributed by atoms with Crippen LogP contribution in [-0.4, -0.2) is 18.6 Å². The lowest BCUT2D eigenvalue weighted by atomic mass is 9.95. The van der Waals surface area contributed by atoms with Crippen LogP contribution in [-0.2, 0) is 0 Å². The van der Waals surface area contributed by atoms with Crippen molar-refractivity contribution in [2.24, 2.45) is 5.73 Å². The molecule has 0 amide bonds. The van der Waals surface area contributed by atoms with Gasteiger partial charge in [-0.1, -0.05) is 19.8 Å². The Hall–Kier alpha value is -0.0800. The van der Waals surface area contributed by atoms with Crippen LogP contribution in [0.25, 0.3) is 0 Å². The van der Waals surface area contributed by atoms with Gasteiger partial charge < -0.3 is 11.1 Å². The van der Waals surface area contributed by atoms with Gasteiger partial charge in [-0.25, -0.2) is 0 Å². The molecule has 1 saturated carbocycles. The minimum atomic E-state index is 0.181. The lowest BCUT2D eigenvalue weighted by molar-refractivity contribution is 0.394. The van der Waals surface area contributed by atoms with Gasteiger partial charge in [-0.2, -0.15) is 0 Å². The van der Waals surface area contributed by atoms with Gasteiger partial charge in [0, 0.05) is 5.54 Å². The summed E-state index contributed by atoms with van der Waals surface area (Å²) in [5, 5.41) is 3.41. The summed E-state index contributed by atoms with van der Waals surface area (Å²) in [6.45, 7) is 4.43. The zero-order valence-electron chi connectivity index (χ0n) is 8.23. The minimum Gasteiger partial charge on any atom is -0.325 e. The van der Waals surface area contributed by atoms with Crippen molar-refractivity contribution < 1.29 is 0 Å². The lowest BCUT2D eigenvalue weighted by Crippen LogP contribution is -2.39. The molecule has 0 bridgehead atoms. The second kappa shape index (κ2) is 4.83. The van der Waals surface area contributed by atoms with Gasteiger partial charge in [0.2, 0.25) is 0 Å². The highest BCUT2D eigenvalue weighted by Crippen LogP contribution is 2.29. The molecule has 0 heterocycles. The third kappa shape index (κ3) is 3.11. The number of hydrogen-bond acceptors (Lipinski definition) is 2. The quantitative estimate of drug-likeness (QED) is 0.616. The molecule has 0 spiro atoms. The third-order valence-corrected chi connectivity index (χ3v) is 2.83. The van der Waals surface area contributed by atoms with Crippen LogP contribution < -0.4 is 11.1 Å². The molecule has 1 fully saturated rings. The molecule has 72 valence electrons. The van der Waals surface area contributed by atoms with Gasteiger partial charge in [0.15, 0.2) is 0 Å². The summed E-state index contributed by atoms with van der Waals surface area (Å²) in [6, 6.07) is 0. The van der Waals surface area contributed by atoms with Gasteiger partial charge in [0.25, 0.3) is 0 Å². The zero-order valence-corrected chi connectivity index (χ0v) is 8.23. The van der Waals surface area contributed by atoms with Crippen molar-refractivity contribution in [3.8, 4) is 0 Å². The van der Waals surface area contributed by atoms with E-state index in [4.69, 9.17) is 5.73 Å². The lowest BCUT2D eigenvalue weighted by Gasteiger charge is -2.23. The molecule has 0 radical (unpaired) electrons. The maximum atomic E-state index is 6.20. The third-order valence-electron chi connectivity index (χ3n) is 2.83. The zero-order chi connectivity index (χ0) is 8.86. The first kappa shape index (κ1) is 10.0. The standard InChI is InChI=1S/C10H22N2/c1-2-8-12-9-7-10(11)5-3-4-6-10/h12H,2-9,11H2,1H3. The predicted molar refractivity (Wildman–Crippen MR) is 53.2 cm³/mol. The first-order valence-corrected chi connectivity index (χ1v) is 5.26. The molecule has 0 aliphatic heterocycles. The summed E-state index contributed by atoms with van der Waals surface area (Å²) in [7, 11) is 0. The molecular formula is C10H22N2. The van der Waals surface area contributed by atoms with E-state index in [1.807, 2.05) is 0 Å². The molecule has 12 heavy (non-hydrogen) atoms. The van der Waals surface area contributed by atoms with Gasteiger partial charge in [0.1, 0.15) is 0 Å². The topological polar surface area (TPSA) is 38.0 Å². The van der Waals surface area contributed by atoms with Gasteiger partial charge in [-0.05, 0) is 38.8 Å². The molecule has 1 aliphatic rings. The first-order valence-electron chi connectivity index (χ1n) is 5.26. The van der Waals surface area contributed by atoms with Gasteiger partial charge in [-0.3, -0.25) is 0 Å². The summed E-state index contributed by atoms with van der Waals surface area (Å²) in [5.41, 5.74) is 6.38. The molecule has 0 aromatic carbocycles. The Morgan fingerprint density at radius 1 is 1.25 bits per heavy atom. The van der Waals surface area contributed by atoms with Crippen LogP contribution >= 0.6 is 0 Å². The summed E-state index contributed by atoms with van der Waals surface area (Å²) in [6.07, 6.45) is 7.53. The van der Waals surface area contributed by atoms with Crippen LogP contribution in [0.5, 0.6) is 0 Å². The normalized spacial score (nSPS) is 21.5. The van der Waals surface area contributed by atoms with E-state index in [9.17, 15) is 0 Å². The van der Waals surface area contributed by atoms with E-state index in [1.54, 1.807) is 0 Å². The van der Waals surface area contributed by atoms with E-state index in [-0.39, 0.29) is 5.54 Å². The molecule has 0 aromatic heterocycles. The largest absolute Gasteiger partial charge is 0.325 e. The number of nitrogens with one attached hydrogen (secondary N) is 1. The molecule has 1 aliphatic carbocycles. The Bertz CT molecular complexity index is 117. The van der Waals surface area contributed by atoms with Gasteiger partial charge >= 0.3 is 0 Å². The van der Waals surface area contributed by atoms with Crippen molar-refractivity contribution in [2.75, 3.05) is 13.1 Å². The maximum absolute atomic E-state index is 6.20. The molecule has 2 heteroatoms. The monoisotopic (exact) mass is 170 g/mol. The van der Waals surface area contributed by atoms with Crippen LogP contribution in [0.2, 0.25) is 0 Å². The Morgan fingerprint density at radius 2 is 1.92 bits per heavy atom. The highest BCUT2D eigenvalue weighted by atomic mass is 14.9. The SMILES string of the molecule is CCCNCCC1(N)CCCC1. The van der Waals surface area contributed by atoms with E-state index in [1.165, 1.54) is 32.1 Å². The fourth-order valence-electron chi connectivity index (χ4n) is 1.97. The number of rotatable bonds is 5. The summed E-state index contributed by atoms with van der Waals surface area (Å²) < 4.78 is 0. The van der Waals surface area contributed by atoms with Crippen LogP contribution in [0.15, 0.2) is 0 Å². The van der Waals surface area contributed by atoms with Crippen LogP contribution in [0.3, 0.4) is 0 Å². The summed E-state index contributed by atoms with van der Waals surface area (Å²) >= 11 is 0. The van der Waals surface area contributed by atoms with E-state index in [0.29, 0.717) is 0 Å². The van der Waals surface area contributed by atoms with Gasteiger partial charge in [0.05, 0.1) is 0 Å². The molecule has 0 unspecified atom stereocenters. The van der Waals surface area contributed by atoms with Crippen molar-refractivity contribution in [2.45, 2.75) is 51.0 Å². The Balaban J connectivity index is 2.05. The highest BCUT2D eigenvalue weighted by molar-refractivity contribution is 4.89. The highest BCUT2D eigenvalue weighted by Gasteiger charge is 2.28. The second-order valence-electron chi connectivity index (χ2n) is 4.07. The molecule has 0 saturated heterocycles. The molecule has 1 rings (SSSR count). The van der Waals surface area contributed by atoms with Crippen molar-refractivity contribution in [1.29, 1.82) is 0 Å². The fourth-order valence-corrected chi connectivity index (χ4v) is 1.97. The summed E-state index contributed by atoms with van der Waals surface area (Å²) in [4.78, 5) is 0. The molecule has 0 aromatic rings. The second-order valence-corrected chi connectivity index (χ2v) is 4.07. The average Bonchev–Trinajstić information content (AvgIpc) is 2.47. The predicted octanol–water partition coefficient (Wildman–Crippen LogP) is 1.65. The Labute approximate surface area is 75.9 Å². The van der Waals surface area contributed by atoms with Crippen molar-refractivity contribution in [1.82, 2.24) is 5.32 Å². The van der Waals surface area contributed by atoms with Crippen LogP contribution in [0.4, 0.5) is 0 Å². The van der Waals surface area contributed by atoms with Crippen LogP contribution in [0.1, 0.15) is 45.4 Å². The van der Waals surface area contributed by atoms with Crippen molar-refractivity contribution in [3.63, 3.8) is 0 Å².